The van der Waals surface area contributed by atoms with Crippen molar-refractivity contribution in [2.75, 3.05) is 18.4 Å². The van der Waals surface area contributed by atoms with Gasteiger partial charge in [0.1, 0.15) is 0 Å². The monoisotopic (exact) mass is 414 g/mol. The maximum absolute atomic E-state index is 12.0. The van der Waals surface area contributed by atoms with Crippen LogP contribution in [-0.4, -0.2) is 39.2 Å². The second kappa shape index (κ2) is 8.57. The molecule has 26 heavy (non-hydrogen) atoms. The molecule has 0 saturated carbocycles. The quantitative estimate of drug-likeness (QED) is 0.580. The van der Waals surface area contributed by atoms with E-state index in [4.69, 9.17) is 0 Å². The van der Waals surface area contributed by atoms with Gasteiger partial charge in [-0.3, -0.25) is 4.79 Å². The molecule has 1 aromatic heterocycles. The lowest BCUT2D eigenvalue weighted by molar-refractivity contribution is 0.0953. The van der Waals surface area contributed by atoms with Crippen molar-refractivity contribution in [2.45, 2.75) is 13.3 Å². The number of halogens is 1. The van der Waals surface area contributed by atoms with Crippen LogP contribution in [0.3, 0.4) is 0 Å². The predicted octanol–water partition coefficient (Wildman–Crippen LogP) is 2.97. The van der Waals surface area contributed by atoms with Crippen molar-refractivity contribution >= 4 is 27.8 Å². The smallest absolute Gasteiger partial charge is 0.251 e. The molecule has 2 N–H and O–H groups in total. The highest BCUT2D eigenvalue weighted by Crippen LogP contribution is 2.12. The van der Waals surface area contributed by atoms with Crippen LogP contribution in [-0.2, 0) is 0 Å². The molecule has 0 radical (unpaired) electrons. The average Bonchev–Trinajstić information content (AvgIpc) is 3.11. The first kappa shape index (κ1) is 18.1. The van der Waals surface area contributed by atoms with Crippen LogP contribution < -0.4 is 10.6 Å². The number of carbonyl (C=O) groups is 1. The molecule has 0 saturated heterocycles. The lowest BCUT2D eigenvalue weighted by Crippen LogP contribution is -2.26. The van der Waals surface area contributed by atoms with Crippen LogP contribution in [0.2, 0.25) is 0 Å². The Morgan fingerprint density at radius 1 is 1.08 bits per heavy atom. The van der Waals surface area contributed by atoms with Gasteiger partial charge >= 0.3 is 0 Å². The molecule has 3 rings (SSSR count). The summed E-state index contributed by atoms with van der Waals surface area (Å²) in [5, 5.41) is 17.8. The van der Waals surface area contributed by atoms with Crippen molar-refractivity contribution in [3.63, 3.8) is 0 Å². The van der Waals surface area contributed by atoms with E-state index in [1.165, 1.54) is 5.56 Å². The van der Waals surface area contributed by atoms with Gasteiger partial charge in [0, 0.05) is 23.1 Å². The molecule has 1 amide bonds. The third kappa shape index (κ3) is 4.66. The first-order valence-corrected chi connectivity index (χ1v) is 9.06. The van der Waals surface area contributed by atoms with Gasteiger partial charge in [0.15, 0.2) is 0 Å². The number of carbonyl (C=O) groups excluding carboxylic acids is 1. The summed E-state index contributed by atoms with van der Waals surface area (Å²) < 4.78 is 2.60. The number of benzene rings is 2. The molecule has 0 unspecified atom stereocenters. The molecule has 3 aromatic rings. The third-order valence-electron chi connectivity index (χ3n) is 3.78. The van der Waals surface area contributed by atoms with Gasteiger partial charge in [0.25, 0.3) is 5.91 Å². The van der Waals surface area contributed by atoms with Crippen LogP contribution in [0, 0.1) is 6.92 Å². The molecule has 0 fully saturated rings. The molecule has 0 spiro atoms. The van der Waals surface area contributed by atoms with Crippen LogP contribution in [0.1, 0.15) is 22.3 Å². The Morgan fingerprint density at radius 2 is 1.81 bits per heavy atom. The van der Waals surface area contributed by atoms with Crippen LogP contribution in [0.15, 0.2) is 53.0 Å². The zero-order valence-electron chi connectivity index (χ0n) is 14.3. The summed E-state index contributed by atoms with van der Waals surface area (Å²) in [4.78, 5) is 12.0. The number of anilines is 1. The summed E-state index contributed by atoms with van der Waals surface area (Å²) in [5.41, 5.74) is 2.72. The molecule has 0 aliphatic heterocycles. The SMILES string of the molecule is Cc1ccc(-n2nnnc2NCCCNC(=O)c2ccc(Br)cc2)cc1. The van der Waals surface area contributed by atoms with Crippen LogP contribution in [0.5, 0.6) is 0 Å². The molecule has 2 aromatic carbocycles. The minimum Gasteiger partial charge on any atom is -0.353 e. The number of hydrogen-bond donors (Lipinski definition) is 2. The van der Waals surface area contributed by atoms with E-state index in [0.29, 0.717) is 24.6 Å². The van der Waals surface area contributed by atoms with E-state index in [9.17, 15) is 4.79 Å². The zero-order valence-corrected chi connectivity index (χ0v) is 15.9. The Labute approximate surface area is 159 Å². The third-order valence-corrected chi connectivity index (χ3v) is 4.31. The van der Waals surface area contributed by atoms with Crippen molar-refractivity contribution in [1.29, 1.82) is 0 Å². The molecule has 134 valence electrons. The van der Waals surface area contributed by atoms with Gasteiger partial charge in [-0.1, -0.05) is 38.7 Å². The zero-order chi connectivity index (χ0) is 18.4. The second-order valence-electron chi connectivity index (χ2n) is 5.79. The fraction of sp³-hybridized carbons (Fsp3) is 0.222. The normalized spacial score (nSPS) is 10.5. The van der Waals surface area contributed by atoms with E-state index >= 15 is 0 Å². The van der Waals surface area contributed by atoms with Gasteiger partial charge in [-0.15, -0.1) is 0 Å². The first-order valence-electron chi connectivity index (χ1n) is 8.26. The van der Waals surface area contributed by atoms with Gasteiger partial charge < -0.3 is 10.6 Å². The van der Waals surface area contributed by atoms with E-state index in [-0.39, 0.29) is 5.91 Å². The largest absolute Gasteiger partial charge is 0.353 e. The Bertz CT molecular complexity index is 860. The Morgan fingerprint density at radius 3 is 2.54 bits per heavy atom. The molecule has 1 heterocycles. The fourth-order valence-electron chi connectivity index (χ4n) is 2.35. The Kier molecular flexibility index (Phi) is 5.96. The standard InChI is InChI=1S/C18H19BrN6O/c1-13-3-9-16(10-4-13)25-18(22-23-24-25)21-12-2-11-20-17(26)14-5-7-15(19)8-6-14/h3-10H,2,11-12H2,1H3,(H,20,26)(H,21,22,24). The van der Waals surface area contributed by atoms with Gasteiger partial charge in [0.2, 0.25) is 5.95 Å². The Hall–Kier alpha value is -2.74. The number of hydrogen-bond acceptors (Lipinski definition) is 5. The Balaban J connectivity index is 1.46. The summed E-state index contributed by atoms with van der Waals surface area (Å²) in [6, 6.07) is 15.2. The van der Waals surface area contributed by atoms with E-state index in [2.05, 4.69) is 42.1 Å². The molecule has 0 aliphatic rings. The van der Waals surface area contributed by atoms with Gasteiger partial charge in [-0.25, -0.2) is 0 Å². The van der Waals surface area contributed by atoms with E-state index < -0.39 is 0 Å². The van der Waals surface area contributed by atoms with Crippen molar-refractivity contribution in [1.82, 2.24) is 25.5 Å². The number of tetrazole rings is 1. The van der Waals surface area contributed by atoms with Crippen molar-refractivity contribution in [3.05, 3.63) is 64.1 Å². The minimum absolute atomic E-state index is 0.0815. The van der Waals surface area contributed by atoms with Crippen LogP contribution in [0.4, 0.5) is 5.95 Å². The number of rotatable bonds is 7. The number of nitrogens with zero attached hydrogens (tertiary/aromatic N) is 4. The lowest BCUT2D eigenvalue weighted by Gasteiger charge is -2.08. The topological polar surface area (TPSA) is 84.7 Å². The number of aromatic nitrogens is 4. The van der Waals surface area contributed by atoms with Gasteiger partial charge in [0.05, 0.1) is 5.69 Å². The summed E-state index contributed by atoms with van der Waals surface area (Å²) in [7, 11) is 0. The highest BCUT2D eigenvalue weighted by molar-refractivity contribution is 9.10. The van der Waals surface area contributed by atoms with Gasteiger partial charge in [-0.05, 0) is 60.2 Å². The average molecular weight is 415 g/mol. The van der Waals surface area contributed by atoms with E-state index in [1.54, 1.807) is 16.8 Å². The molecule has 0 atom stereocenters. The molecular formula is C18H19BrN6O. The van der Waals surface area contributed by atoms with Crippen molar-refractivity contribution < 1.29 is 4.79 Å². The second-order valence-corrected chi connectivity index (χ2v) is 6.71. The first-order chi connectivity index (χ1) is 12.6. The minimum atomic E-state index is -0.0815. The number of nitrogens with one attached hydrogen (secondary N) is 2. The van der Waals surface area contributed by atoms with Crippen molar-refractivity contribution in [3.8, 4) is 5.69 Å². The van der Waals surface area contributed by atoms with Crippen molar-refractivity contribution in [2.24, 2.45) is 0 Å². The molecule has 8 heteroatoms. The molecule has 0 bridgehead atoms. The number of amides is 1. The summed E-state index contributed by atoms with van der Waals surface area (Å²) >= 11 is 3.35. The van der Waals surface area contributed by atoms with Crippen LogP contribution >= 0.6 is 15.9 Å². The number of aryl methyl sites for hydroxylation is 1. The highest BCUT2D eigenvalue weighted by atomic mass is 79.9. The fourth-order valence-corrected chi connectivity index (χ4v) is 2.62. The van der Waals surface area contributed by atoms with Crippen LogP contribution in [0.25, 0.3) is 5.69 Å². The summed E-state index contributed by atoms with van der Waals surface area (Å²) in [6.45, 7) is 3.24. The molecule has 7 nitrogen and oxygen atoms in total. The highest BCUT2D eigenvalue weighted by Gasteiger charge is 2.08. The van der Waals surface area contributed by atoms with E-state index in [1.807, 2.05) is 43.3 Å². The maximum Gasteiger partial charge on any atom is 0.251 e. The molecule has 0 aliphatic carbocycles. The van der Waals surface area contributed by atoms with Gasteiger partial charge in [-0.2, -0.15) is 4.68 Å². The van der Waals surface area contributed by atoms with E-state index in [0.717, 1.165) is 16.6 Å². The maximum atomic E-state index is 12.0. The molecular weight excluding hydrogens is 396 g/mol. The lowest BCUT2D eigenvalue weighted by atomic mass is 10.2. The predicted molar refractivity (Wildman–Crippen MR) is 103 cm³/mol. The summed E-state index contributed by atoms with van der Waals surface area (Å²) in [5.74, 6) is 0.495. The summed E-state index contributed by atoms with van der Waals surface area (Å²) in [6.07, 6.45) is 0.753.